The van der Waals surface area contributed by atoms with E-state index in [1.165, 1.54) is 0 Å². The Bertz CT molecular complexity index is 694. The van der Waals surface area contributed by atoms with Gasteiger partial charge >= 0.3 is 6.03 Å². The second-order valence-electron chi connectivity index (χ2n) is 6.28. The first kappa shape index (κ1) is 19.8. The van der Waals surface area contributed by atoms with Crippen molar-refractivity contribution < 1.29 is 19.1 Å². The van der Waals surface area contributed by atoms with E-state index in [-0.39, 0.29) is 6.03 Å². The monoisotopic (exact) mass is 360 g/mol. The second kappa shape index (κ2) is 9.87. The average molecular weight is 360 g/mol. The van der Waals surface area contributed by atoms with Crippen molar-refractivity contribution in [2.24, 2.45) is 0 Å². The van der Waals surface area contributed by atoms with Gasteiger partial charge in [0, 0.05) is 17.8 Å². The lowest BCUT2D eigenvalue weighted by molar-refractivity contribution is 0.165. The van der Waals surface area contributed by atoms with Gasteiger partial charge in [0.2, 0.25) is 0 Å². The number of aliphatic hydroxyl groups is 1. The standard InChI is InChI=1S/C20H28N2O4/c1-4-5-12-25-17-8-6-16(7-9-17)22-20(24)21-11-10-19(23)18-13-14(2)26-15(18)3/h6-9,13,19,23H,4-5,10-12H2,1-3H3,(H2,21,22,24)/t19-/m1/s1. The van der Waals surface area contributed by atoms with Gasteiger partial charge in [-0.25, -0.2) is 4.79 Å². The van der Waals surface area contributed by atoms with Crippen LogP contribution in [0.2, 0.25) is 0 Å². The molecule has 0 saturated carbocycles. The van der Waals surface area contributed by atoms with E-state index < -0.39 is 6.10 Å². The normalized spacial score (nSPS) is 11.8. The van der Waals surface area contributed by atoms with E-state index in [4.69, 9.17) is 9.15 Å². The van der Waals surface area contributed by atoms with Crippen LogP contribution in [0.4, 0.5) is 10.5 Å². The van der Waals surface area contributed by atoms with Crippen molar-refractivity contribution in [3.63, 3.8) is 0 Å². The molecular weight excluding hydrogens is 332 g/mol. The summed E-state index contributed by atoms with van der Waals surface area (Å²) in [6, 6.07) is 8.78. The van der Waals surface area contributed by atoms with Crippen LogP contribution in [-0.4, -0.2) is 24.3 Å². The first-order chi connectivity index (χ1) is 12.5. The number of aryl methyl sites for hydroxylation is 2. The molecule has 6 nitrogen and oxygen atoms in total. The van der Waals surface area contributed by atoms with Gasteiger partial charge in [-0.2, -0.15) is 0 Å². The highest BCUT2D eigenvalue weighted by atomic mass is 16.5. The predicted octanol–water partition coefficient (Wildman–Crippen LogP) is 4.32. The Balaban J connectivity index is 1.72. The quantitative estimate of drug-likeness (QED) is 0.582. The Hall–Kier alpha value is -2.47. The maximum Gasteiger partial charge on any atom is 0.319 e. The second-order valence-corrected chi connectivity index (χ2v) is 6.28. The number of ether oxygens (including phenoxy) is 1. The lowest BCUT2D eigenvalue weighted by Gasteiger charge is -2.12. The number of carbonyl (C=O) groups excluding carboxylic acids is 1. The summed E-state index contributed by atoms with van der Waals surface area (Å²) in [6.45, 7) is 6.83. The third kappa shape index (κ3) is 6.11. The lowest BCUT2D eigenvalue weighted by Crippen LogP contribution is -2.30. The Kier molecular flexibility index (Phi) is 7.53. The average Bonchev–Trinajstić information content (AvgIpc) is 2.95. The van der Waals surface area contributed by atoms with E-state index >= 15 is 0 Å². The number of amides is 2. The fourth-order valence-electron chi connectivity index (χ4n) is 2.60. The molecule has 0 aliphatic carbocycles. The van der Waals surface area contributed by atoms with Gasteiger partial charge in [0.05, 0.1) is 12.7 Å². The van der Waals surface area contributed by atoms with Gasteiger partial charge in [-0.05, 0) is 57.0 Å². The predicted molar refractivity (Wildman–Crippen MR) is 102 cm³/mol. The summed E-state index contributed by atoms with van der Waals surface area (Å²) in [7, 11) is 0. The number of benzene rings is 1. The molecular formula is C20H28N2O4. The molecule has 3 N–H and O–H groups in total. The van der Waals surface area contributed by atoms with Gasteiger partial charge in [-0.15, -0.1) is 0 Å². The number of rotatable bonds is 9. The molecule has 2 amide bonds. The molecule has 1 aromatic carbocycles. The highest BCUT2D eigenvalue weighted by Gasteiger charge is 2.14. The fourth-order valence-corrected chi connectivity index (χ4v) is 2.60. The van der Waals surface area contributed by atoms with Crippen LogP contribution < -0.4 is 15.4 Å². The highest BCUT2D eigenvalue weighted by Crippen LogP contribution is 2.23. The molecule has 0 bridgehead atoms. The molecule has 1 aromatic heterocycles. The van der Waals surface area contributed by atoms with Crippen LogP contribution in [0.1, 0.15) is 49.4 Å². The molecule has 1 atom stereocenters. The van der Waals surface area contributed by atoms with E-state index in [2.05, 4.69) is 17.6 Å². The van der Waals surface area contributed by atoms with Crippen LogP contribution in [0.3, 0.4) is 0 Å². The molecule has 2 rings (SSSR count). The largest absolute Gasteiger partial charge is 0.494 e. The molecule has 6 heteroatoms. The first-order valence-electron chi connectivity index (χ1n) is 9.02. The maximum atomic E-state index is 11.9. The summed E-state index contributed by atoms with van der Waals surface area (Å²) in [4.78, 5) is 11.9. The van der Waals surface area contributed by atoms with E-state index in [0.717, 1.165) is 29.9 Å². The first-order valence-corrected chi connectivity index (χ1v) is 9.02. The van der Waals surface area contributed by atoms with Gasteiger partial charge in [0.1, 0.15) is 17.3 Å². The Labute approximate surface area is 154 Å². The third-order valence-corrected chi connectivity index (χ3v) is 4.02. The molecule has 2 aromatic rings. The Morgan fingerprint density at radius 2 is 2.00 bits per heavy atom. The summed E-state index contributed by atoms with van der Waals surface area (Å²) in [5, 5.41) is 15.7. The van der Waals surface area contributed by atoms with Crippen molar-refractivity contribution in [3.05, 3.63) is 47.4 Å². The van der Waals surface area contributed by atoms with Crippen LogP contribution in [0.25, 0.3) is 0 Å². The van der Waals surface area contributed by atoms with Gasteiger partial charge in [-0.3, -0.25) is 0 Å². The van der Waals surface area contributed by atoms with E-state index in [1.54, 1.807) is 12.1 Å². The van der Waals surface area contributed by atoms with Crippen LogP contribution in [-0.2, 0) is 0 Å². The summed E-state index contributed by atoms with van der Waals surface area (Å²) in [6.07, 6.45) is 1.87. The molecule has 142 valence electrons. The topological polar surface area (TPSA) is 83.7 Å². The van der Waals surface area contributed by atoms with Gasteiger partial charge < -0.3 is 24.9 Å². The van der Waals surface area contributed by atoms with Gasteiger partial charge in [0.25, 0.3) is 0 Å². The van der Waals surface area contributed by atoms with Crippen LogP contribution in [0, 0.1) is 13.8 Å². The number of nitrogens with one attached hydrogen (secondary N) is 2. The number of aliphatic hydroxyl groups excluding tert-OH is 1. The van der Waals surface area contributed by atoms with E-state index in [0.29, 0.717) is 31.0 Å². The smallest absolute Gasteiger partial charge is 0.319 e. The fraction of sp³-hybridized carbons (Fsp3) is 0.450. The number of furan rings is 1. The summed E-state index contributed by atoms with van der Waals surface area (Å²) in [5.74, 6) is 2.27. The van der Waals surface area contributed by atoms with Gasteiger partial charge in [0.15, 0.2) is 0 Å². The van der Waals surface area contributed by atoms with Crippen LogP contribution >= 0.6 is 0 Å². The highest BCUT2D eigenvalue weighted by molar-refractivity contribution is 5.89. The van der Waals surface area contributed by atoms with Crippen LogP contribution in [0.5, 0.6) is 5.75 Å². The molecule has 0 saturated heterocycles. The van der Waals surface area contributed by atoms with Crippen molar-refractivity contribution in [2.45, 2.75) is 46.1 Å². The number of unbranched alkanes of at least 4 members (excludes halogenated alkanes) is 1. The third-order valence-electron chi connectivity index (χ3n) is 4.02. The molecule has 0 radical (unpaired) electrons. The zero-order valence-electron chi connectivity index (χ0n) is 15.7. The maximum absolute atomic E-state index is 11.9. The summed E-state index contributed by atoms with van der Waals surface area (Å²) < 4.78 is 11.0. The minimum Gasteiger partial charge on any atom is -0.494 e. The van der Waals surface area contributed by atoms with Crippen molar-refractivity contribution in [1.82, 2.24) is 5.32 Å². The van der Waals surface area contributed by atoms with Gasteiger partial charge in [-0.1, -0.05) is 13.3 Å². The molecule has 0 spiro atoms. The number of hydrogen-bond donors (Lipinski definition) is 3. The molecule has 26 heavy (non-hydrogen) atoms. The molecule has 0 fully saturated rings. The van der Waals surface area contributed by atoms with Crippen LogP contribution in [0.15, 0.2) is 34.7 Å². The van der Waals surface area contributed by atoms with Crippen molar-refractivity contribution in [2.75, 3.05) is 18.5 Å². The van der Waals surface area contributed by atoms with Crippen molar-refractivity contribution >= 4 is 11.7 Å². The summed E-state index contributed by atoms with van der Waals surface area (Å²) in [5.41, 5.74) is 1.45. The van der Waals surface area contributed by atoms with Crippen molar-refractivity contribution in [3.8, 4) is 5.75 Å². The zero-order valence-corrected chi connectivity index (χ0v) is 15.7. The number of hydrogen-bond acceptors (Lipinski definition) is 4. The SMILES string of the molecule is CCCCOc1ccc(NC(=O)NCC[C@@H](O)c2cc(C)oc2C)cc1. The zero-order chi connectivity index (χ0) is 18.9. The minimum atomic E-state index is -0.660. The number of carbonyl (C=O) groups is 1. The lowest BCUT2D eigenvalue weighted by atomic mass is 10.1. The number of anilines is 1. The molecule has 0 unspecified atom stereocenters. The minimum absolute atomic E-state index is 0.308. The van der Waals surface area contributed by atoms with Crippen molar-refractivity contribution in [1.29, 1.82) is 0 Å². The molecule has 0 aliphatic rings. The Morgan fingerprint density at radius 1 is 1.27 bits per heavy atom. The molecule has 0 aliphatic heterocycles. The van der Waals surface area contributed by atoms with E-state index in [1.807, 2.05) is 32.0 Å². The summed E-state index contributed by atoms with van der Waals surface area (Å²) >= 11 is 0. The molecule has 1 heterocycles. The number of urea groups is 1. The van der Waals surface area contributed by atoms with E-state index in [9.17, 15) is 9.90 Å². The Morgan fingerprint density at radius 3 is 2.62 bits per heavy atom.